The summed E-state index contributed by atoms with van der Waals surface area (Å²) < 4.78 is 5.21. The minimum atomic E-state index is -0.544. The Morgan fingerprint density at radius 2 is 1.89 bits per heavy atom. The van der Waals surface area contributed by atoms with E-state index in [1.807, 2.05) is 0 Å². The lowest BCUT2D eigenvalue weighted by atomic mass is 9.99. The van der Waals surface area contributed by atoms with Crippen LogP contribution >= 0.6 is 0 Å². The quantitative estimate of drug-likeness (QED) is 0.841. The summed E-state index contributed by atoms with van der Waals surface area (Å²) in [5, 5.41) is 2.77. The number of primary amides is 1. The molecule has 1 fully saturated rings. The van der Waals surface area contributed by atoms with E-state index in [0.717, 1.165) is 0 Å². The van der Waals surface area contributed by atoms with Gasteiger partial charge in [-0.1, -0.05) is 12.1 Å². The van der Waals surface area contributed by atoms with Gasteiger partial charge >= 0.3 is 0 Å². The van der Waals surface area contributed by atoms with E-state index in [1.165, 1.54) is 0 Å². The molecule has 96 valence electrons. The van der Waals surface area contributed by atoms with Crippen molar-refractivity contribution in [2.24, 2.45) is 11.7 Å². The highest BCUT2D eigenvalue weighted by atomic mass is 16.5. The molecule has 1 aromatic carbocycles. The zero-order valence-electron chi connectivity index (χ0n) is 10.0. The van der Waals surface area contributed by atoms with Gasteiger partial charge in [0.2, 0.25) is 5.91 Å². The van der Waals surface area contributed by atoms with Crippen molar-refractivity contribution in [3.05, 3.63) is 29.8 Å². The molecular weight excluding hydrogens is 232 g/mol. The van der Waals surface area contributed by atoms with Gasteiger partial charge in [0.1, 0.15) is 0 Å². The number of carbonyl (C=O) groups is 2. The molecule has 0 radical (unpaired) electrons. The second kappa shape index (κ2) is 5.64. The largest absolute Gasteiger partial charge is 0.381 e. The summed E-state index contributed by atoms with van der Waals surface area (Å²) in [6, 6.07) is 6.75. The number of hydrogen-bond donors (Lipinski definition) is 2. The fraction of sp³-hybridized carbons (Fsp3) is 0.385. The van der Waals surface area contributed by atoms with Crippen molar-refractivity contribution < 1.29 is 14.3 Å². The lowest BCUT2D eigenvalue weighted by Gasteiger charge is -2.21. The standard InChI is InChI=1S/C13H16N2O3/c14-12(16)10-3-1-2-4-11(10)15-13(17)9-5-7-18-8-6-9/h1-4,9H,5-8H2,(H2,14,16)(H,15,17). The second-order valence-electron chi connectivity index (χ2n) is 4.29. The van der Waals surface area contributed by atoms with Crippen molar-refractivity contribution in [1.82, 2.24) is 0 Å². The highest BCUT2D eigenvalue weighted by molar-refractivity contribution is 6.03. The molecule has 18 heavy (non-hydrogen) atoms. The first-order chi connectivity index (χ1) is 8.68. The molecule has 0 aliphatic carbocycles. The molecule has 0 unspecified atom stereocenters. The molecule has 1 heterocycles. The molecule has 0 saturated carbocycles. The van der Waals surface area contributed by atoms with E-state index < -0.39 is 5.91 Å². The summed E-state index contributed by atoms with van der Waals surface area (Å²) >= 11 is 0. The lowest BCUT2D eigenvalue weighted by Crippen LogP contribution is -2.29. The lowest BCUT2D eigenvalue weighted by molar-refractivity contribution is -0.122. The molecule has 5 nitrogen and oxygen atoms in total. The van der Waals surface area contributed by atoms with E-state index in [2.05, 4.69) is 5.32 Å². The van der Waals surface area contributed by atoms with Crippen molar-refractivity contribution in [3.63, 3.8) is 0 Å². The van der Waals surface area contributed by atoms with Gasteiger partial charge in [0.05, 0.1) is 11.3 Å². The molecule has 0 spiro atoms. The predicted octanol–water partition coefficient (Wildman–Crippen LogP) is 1.15. The molecule has 3 N–H and O–H groups in total. The van der Waals surface area contributed by atoms with Crippen LogP contribution in [0.2, 0.25) is 0 Å². The van der Waals surface area contributed by atoms with E-state index in [0.29, 0.717) is 37.3 Å². The van der Waals surface area contributed by atoms with Crippen LogP contribution in [0.15, 0.2) is 24.3 Å². The Morgan fingerprint density at radius 3 is 2.56 bits per heavy atom. The smallest absolute Gasteiger partial charge is 0.250 e. The first-order valence-electron chi connectivity index (χ1n) is 5.96. The summed E-state index contributed by atoms with van der Waals surface area (Å²) in [5.74, 6) is -0.676. The summed E-state index contributed by atoms with van der Waals surface area (Å²) in [6.45, 7) is 1.21. The van der Waals surface area contributed by atoms with Gasteiger partial charge in [-0.15, -0.1) is 0 Å². The van der Waals surface area contributed by atoms with E-state index in [-0.39, 0.29) is 11.8 Å². The number of nitrogens with one attached hydrogen (secondary N) is 1. The molecule has 0 atom stereocenters. The molecule has 1 aliphatic rings. The SMILES string of the molecule is NC(=O)c1ccccc1NC(=O)C1CCOCC1. The van der Waals surface area contributed by atoms with Crippen LogP contribution in [0.3, 0.4) is 0 Å². The van der Waals surface area contributed by atoms with Crippen LogP contribution in [0.5, 0.6) is 0 Å². The second-order valence-corrected chi connectivity index (χ2v) is 4.29. The van der Waals surface area contributed by atoms with Gasteiger partial charge in [0, 0.05) is 19.1 Å². The van der Waals surface area contributed by atoms with Crippen LogP contribution < -0.4 is 11.1 Å². The van der Waals surface area contributed by atoms with Crippen LogP contribution in [0.1, 0.15) is 23.2 Å². The summed E-state index contributed by atoms with van der Waals surface area (Å²) in [5.41, 5.74) is 6.06. The third-order valence-corrected chi connectivity index (χ3v) is 3.04. The number of nitrogens with two attached hydrogens (primary N) is 1. The molecule has 1 aliphatic heterocycles. The van der Waals surface area contributed by atoms with Crippen molar-refractivity contribution in [1.29, 1.82) is 0 Å². The number of benzene rings is 1. The Kier molecular flexibility index (Phi) is 3.94. The number of rotatable bonds is 3. The maximum atomic E-state index is 12.0. The summed E-state index contributed by atoms with van der Waals surface area (Å²) in [6.07, 6.45) is 1.43. The van der Waals surface area contributed by atoms with E-state index in [4.69, 9.17) is 10.5 Å². The third kappa shape index (κ3) is 2.87. The zero-order valence-corrected chi connectivity index (χ0v) is 10.0. The van der Waals surface area contributed by atoms with Crippen LogP contribution in [-0.2, 0) is 9.53 Å². The monoisotopic (exact) mass is 248 g/mol. The number of hydrogen-bond acceptors (Lipinski definition) is 3. The Labute approximate surface area is 105 Å². The minimum Gasteiger partial charge on any atom is -0.381 e. The van der Waals surface area contributed by atoms with Crippen LogP contribution in [0, 0.1) is 5.92 Å². The van der Waals surface area contributed by atoms with Crippen molar-refractivity contribution in [3.8, 4) is 0 Å². The van der Waals surface area contributed by atoms with Gasteiger partial charge in [-0.25, -0.2) is 0 Å². The normalized spacial score (nSPS) is 16.2. The highest BCUT2D eigenvalue weighted by Gasteiger charge is 2.22. The van der Waals surface area contributed by atoms with Gasteiger partial charge in [-0.2, -0.15) is 0 Å². The average Bonchev–Trinajstić information content (AvgIpc) is 2.40. The number of carbonyl (C=O) groups excluding carboxylic acids is 2. The Bertz CT molecular complexity index is 453. The van der Waals surface area contributed by atoms with Crippen molar-refractivity contribution >= 4 is 17.5 Å². The van der Waals surface area contributed by atoms with Crippen LogP contribution in [0.25, 0.3) is 0 Å². The summed E-state index contributed by atoms with van der Waals surface area (Å²) in [7, 11) is 0. The maximum absolute atomic E-state index is 12.0. The Balaban J connectivity index is 2.08. The third-order valence-electron chi connectivity index (χ3n) is 3.04. The highest BCUT2D eigenvalue weighted by Crippen LogP contribution is 2.19. The Hall–Kier alpha value is -1.88. The number of para-hydroxylation sites is 1. The van der Waals surface area contributed by atoms with Crippen molar-refractivity contribution in [2.45, 2.75) is 12.8 Å². The van der Waals surface area contributed by atoms with Crippen LogP contribution in [-0.4, -0.2) is 25.0 Å². The Morgan fingerprint density at radius 1 is 1.22 bits per heavy atom. The van der Waals surface area contributed by atoms with E-state index in [9.17, 15) is 9.59 Å². The van der Waals surface area contributed by atoms with Gasteiger partial charge < -0.3 is 15.8 Å². The number of anilines is 1. The first kappa shape index (κ1) is 12.6. The zero-order chi connectivity index (χ0) is 13.0. The average molecular weight is 248 g/mol. The van der Waals surface area contributed by atoms with Gasteiger partial charge in [0.15, 0.2) is 0 Å². The summed E-state index contributed by atoms with van der Waals surface area (Å²) in [4.78, 5) is 23.3. The molecule has 2 amide bonds. The minimum absolute atomic E-state index is 0.0558. The maximum Gasteiger partial charge on any atom is 0.250 e. The molecule has 0 aromatic heterocycles. The molecule has 1 aromatic rings. The number of amides is 2. The molecular formula is C13H16N2O3. The molecule has 1 saturated heterocycles. The van der Waals surface area contributed by atoms with Gasteiger partial charge in [-0.05, 0) is 25.0 Å². The fourth-order valence-corrected chi connectivity index (χ4v) is 2.00. The predicted molar refractivity (Wildman–Crippen MR) is 67.1 cm³/mol. The molecule has 2 rings (SSSR count). The molecule has 0 bridgehead atoms. The van der Waals surface area contributed by atoms with Gasteiger partial charge in [-0.3, -0.25) is 9.59 Å². The topological polar surface area (TPSA) is 81.4 Å². The number of ether oxygens (including phenoxy) is 1. The molecule has 5 heteroatoms. The van der Waals surface area contributed by atoms with Crippen LogP contribution in [0.4, 0.5) is 5.69 Å². The van der Waals surface area contributed by atoms with E-state index in [1.54, 1.807) is 24.3 Å². The first-order valence-corrected chi connectivity index (χ1v) is 5.96. The van der Waals surface area contributed by atoms with E-state index >= 15 is 0 Å². The van der Waals surface area contributed by atoms with Crippen molar-refractivity contribution in [2.75, 3.05) is 18.5 Å². The fourth-order valence-electron chi connectivity index (χ4n) is 2.00. The van der Waals surface area contributed by atoms with Gasteiger partial charge in [0.25, 0.3) is 5.91 Å².